The molecule has 0 atom stereocenters. The molecule has 5 heteroatoms. The minimum absolute atomic E-state index is 0.255. The first-order valence-corrected chi connectivity index (χ1v) is 8.56. The summed E-state index contributed by atoms with van der Waals surface area (Å²) in [4.78, 5) is 8.96. The first-order valence-electron chi connectivity index (χ1n) is 8.56. The highest BCUT2D eigenvalue weighted by atomic mass is 19.1. The highest BCUT2D eigenvalue weighted by Crippen LogP contribution is 2.32. The molecule has 0 spiro atoms. The van der Waals surface area contributed by atoms with Gasteiger partial charge in [0.25, 0.3) is 0 Å². The van der Waals surface area contributed by atoms with E-state index in [1.165, 1.54) is 25.0 Å². The predicted molar refractivity (Wildman–Crippen MR) is 93.4 cm³/mol. The molecule has 2 heterocycles. The molecule has 4 nitrogen and oxygen atoms in total. The van der Waals surface area contributed by atoms with E-state index in [9.17, 15) is 4.39 Å². The fraction of sp³-hybridized carbons (Fsp3) is 0.368. The van der Waals surface area contributed by atoms with Crippen LogP contribution in [0.5, 0.6) is 0 Å². The van der Waals surface area contributed by atoms with Crippen LogP contribution in [0, 0.1) is 11.7 Å². The second-order valence-electron chi connectivity index (χ2n) is 6.71. The van der Waals surface area contributed by atoms with Crippen LogP contribution in [0.4, 0.5) is 10.2 Å². The van der Waals surface area contributed by atoms with Gasteiger partial charge in [-0.15, -0.1) is 0 Å². The highest BCUT2D eigenvalue weighted by molar-refractivity contribution is 5.75. The van der Waals surface area contributed by atoms with Crippen LogP contribution in [0.3, 0.4) is 0 Å². The van der Waals surface area contributed by atoms with E-state index in [4.69, 9.17) is 0 Å². The number of anilines is 1. The fourth-order valence-corrected chi connectivity index (χ4v) is 3.46. The van der Waals surface area contributed by atoms with Crippen molar-refractivity contribution in [1.29, 1.82) is 0 Å². The second kappa shape index (κ2) is 6.23. The van der Waals surface area contributed by atoms with Crippen molar-refractivity contribution >= 4 is 11.6 Å². The zero-order valence-corrected chi connectivity index (χ0v) is 13.7. The Morgan fingerprint density at radius 3 is 2.79 bits per heavy atom. The Hall–Kier alpha value is -2.43. The molecule has 1 saturated carbocycles. The Bertz CT molecular complexity index is 849. The van der Waals surface area contributed by atoms with Crippen LogP contribution in [-0.2, 0) is 0 Å². The van der Waals surface area contributed by atoms with Gasteiger partial charge in [0.1, 0.15) is 17.3 Å². The first kappa shape index (κ1) is 15.1. The molecule has 0 bridgehead atoms. The van der Waals surface area contributed by atoms with Crippen molar-refractivity contribution < 1.29 is 4.39 Å². The molecule has 0 amide bonds. The van der Waals surface area contributed by atoms with Crippen molar-refractivity contribution in [2.75, 3.05) is 5.32 Å². The van der Waals surface area contributed by atoms with Gasteiger partial charge in [0.2, 0.25) is 5.78 Å². The number of hydrogen-bond acceptors (Lipinski definition) is 3. The minimum atomic E-state index is -0.255. The average Bonchev–Trinajstić information content (AvgIpc) is 2.96. The third kappa shape index (κ3) is 2.86. The number of aromatic nitrogens is 3. The molecule has 1 aliphatic carbocycles. The Morgan fingerprint density at radius 2 is 2.00 bits per heavy atom. The maximum absolute atomic E-state index is 13.7. The largest absolute Gasteiger partial charge is 0.367 e. The minimum Gasteiger partial charge on any atom is -0.367 e. The fourth-order valence-electron chi connectivity index (χ4n) is 3.46. The van der Waals surface area contributed by atoms with Gasteiger partial charge in [-0.3, -0.25) is 4.40 Å². The number of hydrogen-bond donors (Lipinski definition) is 1. The number of nitrogens with one attached hydrogen (secondary N) is 1. The van der Waals surface area contributed by atoms with E-state index in [2.05, 4.69) is 22.2 Å². The first-order chi connectivity index (χ1) is 11.7. The molecular formula is C19H21FN4. The zero-order chi connectivity index (χ0) is 16.5. The molecule has 0 unspecified atom stereocenters. The SMILES string of the molecule is CC1CCC(Nc2c(-c3cccc(F)c3)nc3ncccn23)CC1. The van der Waals surface area contributed by atoms with Gasteiger partial charge < -0.3 is 5.32 Å². The maximum atomic E-state index is 13.7. The lowest BCUT2D eigenvalue weighted by Crippen LogP contribution is -2.26. The van der Waals surface area contributed by atoms with E-state index >= 15 is 0 Å². The molecule has 3 aromatic rings. The summed E-state index contributed by atoms with van der Waals surface area (Å²) < 4.78 is 15.6. The van der Waals surface area contributed by atoms with Gasteiger partial charge in [0, 0.05) is 24.0 Å². The number of imidazole rings is 1. The molecule has 4 rings (SSSR count). The van der Waals surface area contributed by atoms with Crippen LogP contribution in [0.1, 0.15) is 32.6 Å². The van der Waals surface area contributed by atoms with E-state index in [-0.39, 0.29) is 5.82 Å². The summed E-state index contributed by atoms with van der Waals surface area (Å²) in [5.41, 5.74) is 1.53. The van der Waals surface area contributed by atoms with Crippen LogP contribution < -0.4 is 5.32 Å². The molecule has 2 aromatic heterocycles. The number of halogens is 1. The van der Waals surface area contributed by atoms with Gasteiger partial charge in [0.15, 0.2) is 0 Å². The molecule has 0 radical (unpaired) electrons. The van der Waals surface area contributed by atoms with Crippen LogP contribution in [0.2, 0.25) is 0 Å². The normalized spacial score (nSPS) is 21.1. The molecule has 1 N–H and O–H groups in total. The lowest BCUT2D eigenvalue weighted by atomic mass is 9.87. The lowest BCUT2D eigenvalue weighted by Gasteiger charge is -2.27. The monoisotopic (exact) mass is 324 g/mol. The van der Waals surface area contributed by atoms with Gasteiger partial charge in [-0.2, -0.15) is 0 Å². The van der Waals surface area contributed by atoms with Crippen molar-refractivity contribution in [3.8, 4) is 11.3 Å². The summed E-state index contributed by atoms with van der Waals surface area (Å²) in [6, 6.07) is 8.89. The topological polar surface area (TPSA) is 42.2 Å². The Morgan fingerprint density at radius 1 is 1.17 bits per heavy atom. The van der Waals surface area contributed by atoms with Crippen molar-refractivity contribution in [2.45, 2.75) is 38.6 Å². The summed E-state index contributed by atoms with van der Waals surface area (Å²) in [5.74, 6) is 2.08. The van der Waals surface area contributed by atoms with Crippen molar-refractivity contribution in [2.24, 2.45) is 5.92 Å². The summed E-state index contributed by atoms with van der Waals surface area (Å²) in [5, 5.41) is 3.65. The van der Waals surface area contributed by atoms with E-state index < -0.39 is 0 Å². The third-order valence-electron chi connectivity index (χ3n) is 4.86. The summed E-state index contributed by atoms with van der Waals surface area (Å²) >= 11 is 0. The Balaban J connectivity index is 1.76. The smallest absolute Gasteiger partial charge is 0.235 e. The lowest BCUT2D eigenvalue weighted by molar-refractivity contribution is 0.361. The molecule has 1 aromatic carbocycles. The molecule has 1 fully saturated rings. The zero-order valence-electron chi connectivity index (χ0n) is 13.7. The van der Waals surface area contributed by atoms with Crippen molar-refractivity contribution in [3.63, 3.8) is 0 Å². The molecular weight excluding hydrogens is 303 g/mol. The van der Waals surface area contributed by atoms with E-state index in [0.29, 0.717) is 11.8 Å². The van der Waals surface area contributed by atoms with Gasteiger partial charge in [-0.1, -0.05) is 19.1 Å². The molecule has 24 heavy (non-hydrogen) atoms. The quantitative estimate of drug-likeness (QED) is 0.770. The van der Waals surface area contributed by atoms with E-state index in [0.717, 1.165) is 35.8 Å². The summed E-state index contributed by atoms with van der Waals surface area (Å²) in [6.07, 6.45) is 8.45. The van der Waals surface area contributed by atoms with Crippen LogP contribution >= 0.6 is 0 Å². The maximum Gasteiger partial charge on any atom is 0.235 e. The van der Waals surface area contributed by atoms with E-state index in [1.807, 2.05) is 22.7 Å². The highest BCUT2D eigenvalue weighted by Gasteiger charge is 2.22. The number of nitrogens with zero attached hydrogens (tertiary/aromatic N) is 3. The van der Waals surface area contributed by atoms with Gasteiger partial charge in [0.05, 0.1) is 0 Å². The average molecular weight is 324 g/mol. The number of benzene rings is 1. The number of fused-ring (bicyclic) bond motifs is 1. The molecule has 124 valence electrons. The van der Waals surface area contributed by atoms with Crippen LogP contribution in [0.15, 0.2) is 42.7 Å². The van der Waals surface area contributed by atoms with Crippen LogP contribution in [-0.4, -0.2) is 20.4 Å². The molecule has 1 aliphatic rings. The third-order valence-corrected chi connectivity index (χ3v) is 4.86. The predicted octanol–water partition coefficient (Wildman–Crippen LogP) is 4.53. The standard InChI is InChI=1S/C19H21FN4/c1-13-6-8-16(9-7-13)22-18-17(14-4-2-5-15(20)12-14)23-19-21-10-3-11-24(18)19/h2-5,10-13,16,22H,6-9H2,1H3. The molecule has 0 saturated heterocycles. The second-order valence-corrected chi connectivity index (χ2v) is 6.71. The Labute approximate surface area is 140 Å². The van der Waals surface area contributed by atoms with E-state index in [1.54, 1.807) is 12.3 Å². The van der Waals surface area contributed by atoms with Gasteiger partial charge in [-0.25, -0.2) is 14.4 Å². The van der Waals surface area contributed by atoms with Gasteiger partial charge >= 0.3 is 0 Å². The molecule has 0 aliphatic heterocycles. The number of rotatable bonds is 3. The summed E-state index contributed by atoms with van der Waals surface area (Å²) in [7, 11) is 0. The van der Waals surface area contributed by atoms with Crippen molar-refractivity contribution in [3.05, 3.63) is 48.5 Å². The summed E-state index contributed by atoms with van der Waals surface area (Å²) in [6.45, 7) is 2.31. The van der Waals surface area contributed by atoms with Crippen molar-refractivity contribution in [1.82, 2.24) is 14.4 Å². The Kier molecular flexibility index (Phi) is 3.92. The van der Waals surface area contributed by atoms with Crippen LogP contribution in [0.25, 0.3) is 17.0 Å². The van der Waals surface area contributed by atoms with Gasteiger partial charge in [-0.05, 0) is 49.8 Å².